The molecule has 0 saturated carbocycles. The molecule has 0 aliphatic carbocycles. The van der Waals surface area contributed by atoms with E-state index in [4.69, 9.17) is 4.74 Å². The minimum atomic E-state index is 0.977. The lowest BCUT2D eigenvalue weighted by molar-refractivity contribution is 0.250. The molecular formula is C25H32N4O. The van der Waals surface area contributed by atoms with Gasteiger partial charge in [0.1, 0.15) is 5.75 Å². The van der Waals surface area contributed by atoms with Gasteiger partial charge in [0.2, 0.25) is 0 Å². The number of piperazine rings is 1. The SMILES string of the molecule is COc1ccccc1N1CCN(CCCn2c3c(c4ccccc42)CNCC3)CC1. The fraction of sp³-hybridized carbons (Fsp3) is 0.440. The van der Waals surface area contributed by atoms with Crippen molar-refractivity contribution in [1.29, 1.82) is 0 Å². The van der Waals surface area contributed by atoms with Gasteiger partial charge in [0.05, 0.1) is 12.8 Å². The third-order valence-corrected chi connectivity index (χ3v) is 6.69. The number of hydrogen-bond acceptors (Lipinski definition) is 4. The van der Waals surface area contributed by atoms with E-state index in [-0.39, 0.29) is 0 Å². The molecule has 0 amide bonds. The molecular weight excluding hydrogens is 372 g/mol. The molecule has 30 heavy (non-hydrogen) atoms. The zero-order valence-electron chi connectivity index (χ0n) is 17.9. The molecule has 2 aromatic carbocycles. The predicted octanol–water partition coefficient (Wildman–Crippen LogP) is 3.51. The molecule has 5 nitrogen and oxygen atoms in total. The molecule has 1 fully saturated rings. The van der Waals surface area contributed by atoms with Gasteiger partial charge in [0.25, 0.3) is 0 Å². The lowest BCUT2D eigenvalue weighted by Gasteiger charge is -2.36. The van der Waals surface area contributed by atoms with E-state index in [0.29, 0.717) is 0 Å². The molecule has 1 N–H and O–H groups in total. The van der Waals surface area contributed by atoms with Gasteiger partial charge >= 0.3 is 0 Å². The van der Waals surface area contributed by atoms with Gasteiger partial charge < -0.3 is 19.5 Å². The van der Waals surface area contributed by atoms with Gasteiger partial charge in [0, 0.05) is 68.8 Å². The van der Waals surface area contributed by atoms with Gasteiger partial charge in [-0.25, -0.2) is 0 Å². The van der Waals surface area contributed by atoms with Gasteiger partial charge in [-0.05, 0) is 36.7 Å². The Morgan fingerprint density at radius 3 is 2.60 bits per heavy atom. The van der Waals surface area contributed by atoms with Crippen LogP contribution in [0.15, 0.2) is 48.5 Å². The van der Waals surface area contributed by atoms with E-state index in [0.717, 1.165) is 58.0 Å². The number of methoxy groups -OCH3 is 1. The topological polar surface area (TPSA) is 32.7 Å². The first-order chi connectivity index (χ1) is 14.8. The third-order valence-electron chi connectivity index (χ3n) is 6.69. The number of ether oxygens (including phenoxy) is 1. The first-order valence-corrected chi connectivity index (χ1v) is 11.2. The van der Waals surface area contributed by atoms with E-state index in [2.05, 4.69) is 62.1 Å². The zero-order valence-corrected chi connectivity index (χ0v) is 17.9. The predicted molar refractivity (Wildman–Crippen MR) is 124 cm³/mol. The number of hydrogen-bond donors (Lipinski definition) is 1. The van der Waals surface area contributed by atoms with Gasteiger partial charge in [-0.15, -0.1) is 0 Å². The van der Waals surface area contributed by atoms with Crippen LogP contribution in [0.2, 0.25) is 0 Å². The number of aromatic nitrogens is 1. The molecule has 2 aliphatic heterocycles. The van der Waals surface area contributed by atoms with Crippen LogP contribution in [0.5, 0.6) is 5.75 Å². The molecule has 5 heteroatoms. The lowest BCUT2D eigenvalue weighted by atomic mass is 10.1. The summed E-state index contributed by atoms with van der Waals surface area (Å²) >= 11 is 0. The van der Waals surface area contributed by atoms with Crippen LogP contribution in [0.1, 0.15) is 17.7 Å². The van der Waals surface area contributed by atoms with E-state index in [9.17, 15) is 0 Å². The quantitative estimate of drug-likeness (QED) is 0.682. The second-order valence-electron chi connectivity index (χ2n) is 8.37. The summed E-state index contributed by atoms with van der Waals surface area (Å²) in [5.74, 6) is 0.977. The van der Waals surface area contributed by atoms with Crippen molar-refractivity contribution in [2.45, 2.75) is 25.9 Å². The number of nitrogens with one attached hydrogen (secondary N) is 1. The first kappa shape index (κ1) is 19.5. The first-order valence-electron chi connectivity index (χ1n) is 11.2. The van der Waals surface area contributed by atoms with Crippen LogP contribution in [0.4, 0.5) is 5.69 Å². The second-order valence-corrected chi connectivity index (χ2v) is 8.37. The van der Waals surface area contributed by atoms with Crippen molar-refractivity contribution in [3.8, 4) is 5.75 Å². The lowest BCUT2D eigenvalue weighted by Crippen LogP contribution is -2.46. The summed E-state index contributed by atoms with van der Waals surface area (Å²) in [6, 6.07) is 17.3. The van der Waals surface area contributed by atoms with Gasteiger partial charge in [-0.2, -0.15) is 0 Å². The third kappa shape index (κ3) is 3.68. The summed E-state index contributed by atoms with van der Waals surface area (Å²) in [4.78, 5) is 5.07. The highest BCUT2D eigenvalue weighted by atomic mass is 16.5. The number of nitrogens with zero attached hydrogens (tertiary/aromatic N) is 3. The smallest absolute Gasteiger partial charge is 0.142 e. The van der Waals surface area contributed by atoms with Gasteiger partial charge in [0.15, 0.2) is 0 Å². The highest BCUT2D eigenvalue weighted by Gasteiger charge is 2.21. The zero-order chi connectivity index (χ0) is 20.3. The number of fused-ring (bicyclic) bond motifs is 3. The van der Waals surface area contributed by atoms with E-state index in [1.54, 1.807) is 12.8 Å². The Labute approximate surface area is 179 Å². The molecule has 0 radical (unpaired) electrons. The number of aryl methyl sites for hydroxylation is 1. The standard InChI is InChI=1S/C25H32N4O/c1-30-25-10-5-4-9-24(25)28-17-15-27(16-18-28)13-6-14-29-22-8-3-2-7-20(22)21-19-26-12-11-23(21)29/h2-5,7-10,26H,6,11-19H2,1H3. The van der Waals surface area contributed by atoms with Crippen molar-refractivity contribution in [3.05, 3.63) is 59.8 Å². The Morgan fingerprint density at radius 2 is 1.73 bits per heavy atom. The van der Waals surface area contributed by atoms with E-state index < -0.39 is 0 Å². The molecule has 0 atom stereocenters. The van der Waals surface area contributed by atoms with Crippen molar-refractivity contribution in [2.24, 2.45) is 0 Å². The van der Waals surface area contributed by atoms with Crippen LogP contribution in [0.3, 0.4) is 0 Å². The van der Waals surface area contributed by atoms with Gasteiger partial charge in [-0.3, -0.25) is 4.90 Å². The second kappa shape index (κ2) is 8.70. The Balaban J connectivity index is 1.20. The summed E-state index contributed by atoms with van der Waals surface area (Å²) < 4.78 is 8.14. The Morgan fingerprint density at radius 1 is 0.933 bits per heavy atom. The normalized spacial score (nSPS) is 17.3. The Hall–Kier alpha value is -2.50. The molecule has 3 aromatic rings. The molecule has 1 saturated heterocycles. The summed E-state index contributed by atoms with van der Waals surface area (Å²) in [5.41, 5.74) is 5.70. The molecule has 1 aromatic heterocycles. The molecule has 2 aliphatic rings. The summed E-state index contributed by atoms with van der Waals surface area (Å²) in [7, 11) is 1.76. The number of benzene rings is 2. The van der Waals surface area contributed by atoms with E-state index in [1.165, 1.54) is 35.1 Å². The van der Waals surface area contributed by atoms with Crippen LogP contribution in [0.25, 0.3) is 10.9 Å². The molecule has 0 unspecified atom stereocenters. The maximum absolute atomic E-state index is 5.55. The van der Waals surface area contributed by atoms with Crippen LogP contribution in [0, 0.1) is 0 Å². The van der Waals surface area contributed by atoms with Crippen molar-refractivity contribution < 1.29 is 4.74 Å². The average Bonchev–Trinajstić information content (AvgIpc) is 3.13. The molecule has 0 spiro atoms. The maximum atomic E-state index is 5.55. The Kier molecular flexibility index (Phi) is 5.65. The largest absolute Gasteiger partial charge is 0.495 e. The van der Waals surface area contributed by atoms with E-state index >= 15 is 0 Å². The van der Waals surface area contributed by atoms with Crippen molar-refractivity contribution in [3.63, 3.8) is 0 Å². The average molecular weight is 405 g/mol. The van der Waals surface area contributed by atoms with Crippen LogP contribution >= 0.6 is 0 Å². The summed E-state index contributed by atoms with van der Waals surface area (Å²) in [5, 5.41) is 4.98. The summed E-state index contributed by atoms with van der Waals surface area (Å²) in [6.45, 7) is 8.74. The van der Waals surface area contributed by atoms with Crippen LogP contribution < -0.4 is 15.0 Å². The highest BCUT2D eigenvalue weighted by Crippen LogP contribution is 2.30. The minimum Gasteiger partial charge on any atom is -0.495 e. The highest BCUT2D eigenvalue weighted by molar-refractivity contribution is 5.85. The number of rotatable bonds is 6. The monoisotopic (exact) mass is 404 g/mol. The van der Waals surface area contributed by atoms with Gasteiger partial charge in [-0.1, -0.05) is 30.3 Å². The van der Waals surface area contributed by atoms with Crippen molar-refractivity contribution in [1.82, 2.24) is 14.8 Å². The summed E-state index contributed by atoms with van der Waals surface area (Å²) in [6.07, 6.45) is 2.34. The Bertz CT molecular complexity index is 1000. The van der Waals surface area contributed by atoms with Crippen molar-refractivity contribution >= 4 is 16.6 Å². The fourth-order valence-electron chi connectivity index (χ4n) is 5.14. The maximum Gasteiger partial charge on any atom is 0.142 e. The number of anilines is 1. The minimum absolute atomic E-state index is 0.977. The van der Waals surface area contributed by atoms with Crippen molar-refractivity contribution in [2.75, 3.05) is 51.3 Å². The molecule has 158 valence electrons. The fourth-order valence-corrected chi connectivity index (χ4v) is 5.14. The molecule has 5 rings (SSSR count). The molecule has 3 heterocycles. The number of para-hydroxylation sites is 3. The van der Waals surface area contributed by atoms with Crippen LogP contribution in [-0.4, -0.2) is 55.8 Å². The van der Waals surface area contributed by atoms with Crippen LogP contribution in [-0.2, 0) is 19.5 Å². The molecule has 0 bridgehead atoms. The van der Waals surface area contributed by atoms with E-state index in [1.807, 2.05) is 6.07 Å².